The van der Waals surface area contributed by atoms with Crippen LogP contribution in [0.15, 0.2) is 36.4 Å². The molecule has 3 heterocycles. The number of pyridine rings is 1. The van der Waals surface area contributed by atoms with E-state index < -0.39 is 0 Å². The van der Waals surface area contributed by atoms with Crippen molar-refractivity contribution in [1.29, 1.82) is 0 Å². The minimum Gasteiger partial charge on any atom is -0.480 e. The maximum atomic E-state index is 14.3. The quantitative estimate of drug-likeness (QED) is 0.908. The molecule has 1 N–H and O–H groups in total. The Kier molecular flexibility index (Phi) is 4.01. The second-order valence-corrected chi connectivity index (χ2v) is 6.19. The number of halogens is 1. The first-order valence-corrected chi connectivity index (χ1v) is 8.18. The number of fused-ring (bicyclic) bond motifs is 1. The fraction of sp³-hybridized carbons (Fsp3) is 0.333. The van der Waals surface area contributed by atoms with Gasteiger partial charge in [0.25, 0.3) is 5.91 Å². The number of aromatic nitrogens is 1. The number of nitrogens with one attached hydrogen (secondary N) is 1. The smallest absolute Gasteiger partial charge is 0.263 e. The highest BCUT2D eigenvalue weighted by molar-refractivity contribution is 5.94. The molecular weight excluding hydrogens is 325 g/mol. The van der Waals surface area contributed by atoms with Crippen molar-refractivity contribution in [2.24, 2.45) is 0 Å². The van der Waals surface area contributed by atoms with E-state index in [9.17, 15) is 9.18 Å². The molecular formula is C18H18FN3O3. The fourth-order valence-corrected chi connectivity index (χ4v) is 3.17. The molecule has 1 saturated heterocycles. The van der Waals surface area contributed by atoms with Gasteiger partial charge in [0.1, 0.15) is 11.6 Å². The van der Waals surface area contributed by atoms with Crippen LogP contribution in [-0.4, -0.2) is 36.8 Å². The van der Waals surface area contributed by atoms with E-state index in [1.165, 1.54) is 6.07 Å². The van der Waals surface area contributed by atoms with Gasteiger partial charge in [0, 0.05) is 12.1 Å². The first kappa shape index (κ1) is 15.8. The molecule has 0 spiro atoms. The first-order chi connectivity index (χ1) is 12.1. The summed E-state index contributed by atoms with van der Waals surface area (Å²) in [5.41, 5.74) is 0.564. The van der Waals surface area contributed by atoms with E-state index in [4.69, 9.17) is 9.47 Å². The highest BCUT2D eigenvalue weighted by atomic mass is 19.1. The first-order valence-electron chi connectivity index (χ1n) is 8.18. The topological polar surface area (TPSA) is 63.7 Å². The van der Waals surface area contributed by atoms with Gasteiger partial charge < -0.3 is 19.7 Å². The molecule has 0 saturated carbocycles. The summed E-state index contributed by atoms with van der Waals surface area (Å²) in [7, 11) is 0. The van der Waals surface area contributed by atoms with Crippen molar-refractivity contribution in [1.82, 2.24) is 4.98 Å². The van der Waals surface area contributed by atoms with Crippen molar-refractivity contribution in [2.45, 2.75) is 19.1 Å². The standard InChI is InChI=1S/C18H18FN3O3/c1-11-8-22(14(9-24-11)12-4-2-3-5-13(12)19)16-7-6-15-18(20-16)21-17(23)10-25-15/h2-7,11,14H,8-10H2,1H3,(H,20,21,23). The zero-order valence-electron chi connectivity index (χ0n) is 13.7. The molecule has 1 aromatic carbocycles. The van der Waals surface area contributed by atoms with E-state index >= 15 is 0 Å². The Morgan fingerprint density at radius 3 is 2.96 bits per heavy atom. The lowest BCUT2D eigenvalue weighted by molar-refractivity contribution is -0.118. The number of morpholine rings is 1. The van der Waals surface area contributed by atoms with Gasteiger partial charge in [-0.2, -0.15) is 0 Å². The molecule has 1 fully saturated rings. The van der Waals surface area contributed by atoms with Crippen LogP contribution in [0.4, 0.5) is 16.0 Å². The number of carbonyl (C=O) groups excluding carboxylic acids is 1. The van der Waals surface area contributed by atoms with Crippen LogP contribution in [0.1, 0.15) is 18.5 Å². The molecule has 7 heteroatoms. The van der Waals surface area contributed by atoms with Gasteiger partial charge in [-0.1, -0.05) is 18.2 Å². The molecule has 25 heavy (non-hydrogen) atoms. The van der Waals surface area contributed by atoms with Gasteiger partial charge in [0.05, 0.1) is 18.8 Å². The van der Waals surface area contributed by atoms with E-state index in [-0.39, 0.29) is 30.5 Å². The molecule has 2 unspecified atom stereocenters. The zero-order chi connectivity index (χ0) is 17.4. The number of amides is 1. The summed E-state index contributed by atoms with van der Waals surface area (Å²) < 4.78 is 25.4. The van der Waals surface area contributed by atoms with Crippen molar-refractivity contribution in [3.8, 4) is 5.75 Å². The van der Waals surface area contributed by atoms with Gasteiger partial charge in [-0.25, -0.2) is 9.37 Å². The van der Waals surface area contributed by atoms with Crippen molar-refractivity contribution >= 4 is 17.5 Å². The third-order valence-corrected chi connectivity index (χ3v) is 4.39. The van der Waals surface area contributed by atoms with Gasteiger partial charge in [0.15, 0.2) is 18.2 Å². The Balaban J connectivity index is 1.71. The van der Waals surface area contributed by atoms with Gasteiger partial charge in [-0.05, 0) is 25.1 Å². The number of benzene rings is 1. The zero-order valence-corrected chi connectivity index (χ0v) is 13.7. The van der Waals surface area contributed by atoms with Crippen molar-refractivity contribution in [3.05, 3.63) is 47.8 Å². The second-order valence-electron chi connectivity index (χ2n) is 6.19. The number of hydrogen-bond acceptors (Lipinski definition) is 5. The predicted octanol–water partition coefficient (Wildman–Crippen LogP) is 2.52. The molecule has 0 aliphatic carbocycles. The van der Waals surface area contributed by atoms with Gasteiger partial charge in [-0.15, -0.1) is 0 Å². The third kappa shape index (κ3) is 3.02. The SMILES string of the molecule is CC1CN(c2ccc3c(n2)NC(=O)CO3)C(c2ccccc2F)CO1. The summed E-state index contributed by atoms with van der Waals surface area (Å²) >= 11 is 0. The Morgan fingerprint density at radius 2 is 2.12 bits per heavy atom. The predicted molar refractivity (Wildman–Crippen MR) is 90.3 cm³/mol. The van der Waals surface area contributed by atoms with E-state index in [1.54, 1.807) is 18.2 Å². The molecule has 2 aromatic rings. The van der Waals surface area contributed by atoms with Gasteiger partial charge in [0.2, 0.25) is 0 Å². The van der Waals surface area contributed by atoms with Crippen molar-refractivity contribution < 1.29 is 18.7 Å². The maximum Gasteiger partial charge on any atom is 0.263 e. The number of hydrogen-bond donors (Lipinski definition) is 1. The Bertz CT molecular complexity index is 814. The van der Waals surface area contributed by atoms with E-state index in [1.807, 2.05) is 24.0 Å². The van der Waals surface area contributed by atoms with Crippen LogP contribution in [0, 0.1) is 5.82 Å². The molecule has 130 valence electrons. The lowest BCUT2D eigenvalue weighted by Crippen LogP contribution is -2.44. The minimum atomic E-state index is -0.289. The normalized spacial score (nSPS) is 22.8. The average Bonchev–Trinajstić information content (AvgIpc) is 2.62. The summed E-state index contributed by atoms with van der Waals surface area (Å²) in [6, 6.07) is 9.98. The maximum absolute atomic E-state index is 14.3. The highest BCUT2D eigenvalue weighted by Crippen LogP contribution is 2.35. The Hall–Kier alpha value is -2.67. The molecule has 2 aliphatic rings. The lowest BCUT2D eigenvalue weighted by atomic mass is 10.0. The molecule has 0 bridgehead atoms. The van der Waals surface area contributed by atoms with Gasteiger partial charge in [-0.3, -0.25) is 4.79 Å². The lowest BCUT2D eigenvalue weighted by Gasteiger charge is -2.40. The minimum absolute atomic E-state index is 0.00769. The fourth-order valence-electron chi connectivity index (χ4n) is 3.17. The average molecular weight is 343 g/mol. The summed E-state index contributed by atoms with van der Waals surface area (Å²) in [6.45, 7) is 2.89. The Morgan fingerprint density at radius 1 is 1.28 bits per heavy atom. The van der Waals surface area contributed by atoms with Gasteiger partial charge >= 0.3 is 0 Å². The van der Waals surface area contributed by atoms with Crippen molar-refractivity contribution in [3.63, 3.8) is 0 Å². The van der Waals surface area contributed by atoms with Crippen LogP contribution in [0.5, 0.6) is 5.75 Å². The summed E-state index contributed by atoms with van der Waals surface area (Å²) in [4.78, 5) is 18.1. The molecule has 6 nitrogen and oxygen atoms in total. The largest absolute Gasteiger partial charge is 0.480 e. The van der Waals surface area contributed by atoms with Crippen LogP contribution in [0.2, 0.25) is 0 Å². The van der Waals surface area contributed by atoms with Crippen LogP contribution in [0.25, 0.3) is 0 Å². The monoisotopic (exact) mass is 343 g/mol. The molecule has 4 rings (SSSR count). The van der Waals surface area contributed by atoms with Crippen molar-refractivity contribution in [2.75, 3.05) is 30.0 Å². The van der Waals surface area contributed by atoms with E-state index in [0.717, 1.165) is 0 Å². The molecule has 1 aromatic heterocycles. The number of ether oxygens (including phenoxy) is 2. The molecule has 0 radical (unpaired) electrons. The highest BCUT2D eigenvalue weighted by Gasteiger charge is 2.31. The summed E-state index contributed by atoms with van der Waals surface area (Å²) in [6.07, 6.45) is -0.00769. The van der Waals surface area contributed by atoms with E-state index in [0.29, 0.717) is 36.1 Å². The van der Waals surface area contributed by atoms with Crippen LogP contribution < -0.4 is 15.0 Å². The molecule has 2 aliphatic heterocycles. The molecule has 1 amide bonds. The third-order valence-electron chi connectivity index (χ3n) is 4.39. The number of anilines is 2. The number of rotatable bonds is 2. The summed E-state index contributed by atoms with van der Waals surface area (Å²) in [5, 5.41) is 2.71. The summed E-state index contributed by atoms with van der Waals surface area (Å²) in [5.74, 6) is 1.06. The van der Waals surface area contributed by atoms with Crippen LogP contribution in [0.3, 0.4) is 0 Å². The van der Waals surface area contributed by atoms with Crippen LogP contribution >= 0.6 is 0 Å². The number of nitrogens with zero attached hydrogens (tertiary/aromatic N) is 2. The molecule has 2 atom stereocenters. The van der Waals surface area contributed by atoms with E-state index in [2.05, 4.69) is 10.3 Å². The number of carbonyl (C=O) groups is 1. The Labute approximate surface area is 144 Å². The van der Waals surface area contributed by atoms with Crippen LogP contribution in [-0.2, 0) is 9.53 Å². The second kappa shape index (κ2) is 6.33.